The van der Waals surface area contributed by atoms with Gasteiger partial charge in [0.25, 0.3) is 0 Å². The zero-order chi connectivity index (χ0) is 37.7. The molecule has 1 saturated heterocycles. The Morgan fingerprint density at radius 3 is 1.59 bits per heavy atom. The van der Waals surface area contributed by atoms with Crippen LogP contribution in [0.2, 0.25) is 0 Å². The maximum absolute atomic E-state index is 13.1. The van der Waals surface area contributed by atoms with Crippen molar-refractivity contribution in [2.45, 2.75) is 136 Å². The second-order valence-electron chi connectivity index (χ2n) is 15.0. The minimum atomic E-state index is -1.13. The number of carbonyl (C=O) groups excluding carboxylic acids is 7. The van der Waals surface area contributed by atoms with E-state index in [1.54, 1.807) is 7.05 Å². The molecule has 280 valence electrons. The van der Waals surface area contributed by atoms with Crippen molar-refractivity contribution in [3.63, 3.8) is 0 Å². The number of likely N-dealkylation sites (N-methyl/N-ethyl adjacent to an activating group) is 1. The van der Waals surface area contributed by atoms with E-state index in [0.717, 1.165) is 12.8 Å². The minimum Gasteiger partial charge on any atom is -0.426 e. The quantitative estimate of drug-likeness (QED) is 0.0731. The Hall–Kier alpha value is -3.59. The highest BCUT2D eigenvalue weighted by atomic mass is 16.7. The molecule has 4 amide bonds. The molecule has 0 bridgehead atoms. The van der Waals surface area contributed by atoms with E-state index in [4.69, 9.17) is 9.47 Å². The molecule has 0 aromatic carbocycles. The van der Waals surface area contributed by atoms with Gasteiger partial charge in [0.05, 0.1) is 6.42 Å². The Morgan fingerprint density at radius 2 is 1.18 bits per heavy atom. The normalized spacial score (nSPS) is 17.7. The molecule has 0 aliphatic carbocycles. The maximum Gasteiger partial charge on any atom is 0.331 e. The number of rotatable bonds is 19. The van der Waals surface area contributed by atoms with Gasteiger partial charge in [-0.05, 0) is 86.2 Å². The van der Waals surface area contributed by atoms with Crippen molar-refractivity contribution < 1.29 is 43.0 Å². The van der Waals surface area contributed by atoms with Crippen molar-refractivity contribution in [1.29, 1.82) is 0 Å². The number of hydrogen-bond acceptors (Lipinski definition) is 11. The number of likely N-dealkylation sites (tertiary alicyclic amines) is 1. The molecule has 1 aliphatic rings. The molecule has 5 N–H and O–H groups in total. The van der Waals surface area contributed by atoms with Crippen LogP contribution in [0.3, 0.4) is 0 Å². The van der Waals surface area contributed by atoms with Crippen LogP contribution < -0.4 is 26.6 Å². The molecule has 0 aromatic heterocycles. The summed E-state index contributed by atoms with van der Waals surface area (Å²) < 4.78 is 10.2. The molecule has 3 atom stereocenters. The fourth-order valence-corrected chi connectivity index (χ4v) is 5.96. The summed E-state index contributed by atoms with van der Waals surface area (Å²) in [6, 6.07) is -2.95. The summed E-state index contributed by atoms with van der Waals surface area (Å²) in [7, 11) is 3.69. The third-order valence-electron chi connectivity index (χ3n) is 8.61. The monoisotopic (exact) mass is 696 g/mol. The van der Waals surface area contributed by atoms with Gasteiger partial charge in [-0.1, -0.05) is 27.7 Å². The Kier molecular flexibility index (Phi) is 17.3. The van der Waals surface area contributed by atoms with Gasteiger partial charge in [0.1, 0.15) is 30.3 Å². The summed E-state index contributed by atoms with van der Waals surface area (Å²) in [6.45, 7) is 16.3. The Balaban J connectivity index is 2.68. The van der Waals surface area contributed by atoms with E-state index in [1.807, 2.05) is 27.7 Å². The van der Waals surface area contributed by atoms with Gasteiger partial charge in [-0.15, -0.1) is 0 Å². The highest BCUT2D eigenvalue weighted by molar-refractivity contribution is 5.99. The number of Topliss-reactive ketones (excluding diaryl/α,β-unsaturated/α-hetero) is 1. The molecule has 0 aromatic rings. The molecule has 1 fully saturated rings. The molecule has 1 heterocycles. The van der Waals surface area contributed by atoms with E-state index in [1.165, 1.54) is 6.92 Å². The molecule has 0 radical (unpaired) electrons. The van der Waals surface area contributed by atoms with Crippen molar-refractivity contribution in [2.24, 2.45) is 11.8 Å². The van der Waals surface area contributed by atoms with Crippen molar-refractivity contribution in [2.75, 3.05) is 27.4 Å². The van der Waals surface area contributed by atoms with E-state index in [-0.39, 0.29) is 66.5 Å². The van der Waals surface area contributed by atoms with Crippen molar-refractivity contribution in [3.05, 3.63) is 0 Å². The predicted octanol–water partition coefficient (Wildman–Crippen LogP) is 0.933. The fraction of sp³-hybridized carbons (Fsp3) is 0.794. The van der Waals surface area contributed by atoms with E-state index < -0.39 is 61.0 Å². The lowest BCUT2D eigenvalue weighted by Gasteiger charge is -2.53. The number of nitrogens with zero attached hydrogens (tertiary/aromatic N) is 1. The summed E-state index contributed by atoms with van der Waals surface area (Å²) in [4.78, 5) is 89.5. The smallest absolute Gasteiger partial charge is 0.331 e. The van der Waals surface area contributed by atoms with Gasteiger partial charge >= 0.3 is 11.9 Å². The molecular formula is C34H60N6O9. The van der Waals surface area contributed by atoms with Crippen LogP contribution in [0, 0.1) is 11.8 Å². The molecule has 0 saturated carbocycles. The lowest BCUT2D eigenvalue weighted by molar-refractivity contribution is -0.171. The van der Waals surface area contributed by atoms with Gasteiger partial charge in [0.15, 0.2) is 0 Å². The predicted molar refractivity (Wildman–Crippen MR) is 183 cm³/mol. The summed E-state index contributed by atoms with van der Waals surface area (Å²) in [5, 5.41) is 13.6. The minimum absolute atomic E-state index is 0.00573. The zero-order valence-corrected chi connectivity index (χ0v) is 31.2. The van der Waals surface area contributed by atoms with Crippen LogP contribution in [0.4, 0.5) is 0 Å². The molecule has 15 heteroatoms. The van der Waals surface area contributed by atoms with Crippen LogP contribution >= 0.6 is 0 Å². The summed E-state index contributed by atoms with van der Waals surface area (Å²) >= 11 is 0. The fourth-order valence-electron chi connectivity index (χ4n) is 5.96. The van der Waals surface area contributed by atoms with E-state index >= 15 is 0 Å². The molecule has 3 unspecified atom stereocenters. The van der Waals surface area contributed by atoms with Gasteiger partial charge in [0.2, 0.25) is 30.4 Å². The topological polar surface area (TPSA) is 201 Å². The SMILES string of the molecule is CNC(CNC(=O)CC(=O)NC(CC(C)C)C(=O)OCOC(=O)C(CC(C)C)NC(=O)CC(C)=O)C(=O)NC1CC(C)(C)N(C)C(C)(C)C1. The first kappa shape index (κ1) is 43.4. The van der Waals surface area contributed by atoms with Gasteiger partial charge in [0, 0.05) is 23.7 Å². The summed E-state index contributed by atoms with van der Waals surface area (Å²) in [6.07, 6.45) is 0.977. The van der Waals surface area contributed by atoms with Crippen molar-refractivity contribution in [3.8, 4) is 0 Å². The van der Waals surface area contributed by atoms with Gasteiger partial charge < -0.3 is 36.1 Å². The van der Waals surface area contributed by atoms with Crippen LogP contribution in [0.15, 0.2) is 0 Å². The first-order valence-corrected chi connectivity index (χ1v) is 17.0. The van der Waals surface area contributed by atoms with E-state index in [0.29, 0.717) is 0 Å². The Morgan fingerprint density at radius 1 is 0.735 bits per heavy atom. The Bertz CT molecular complexity index is 1170. The lowest BCUT2D eigenvalue weighted by Crippen LogP contribution is -2.63. The number of ether oxygens (including phenoxy) is 2. The average Bonchev–Trinajstić information content (AvgIpc) is 2.94. The van der Waals surface area contributed by atoms with E-state index in [9.17, 15) is 33.6 Å². The average molecular weight is 697 g/mol. The van der Waals surface area contributed by atoms with Crippen LogP contribution in [-0.4, -0.2) is 109 Å². The second kappa shape index (κ2) is 19.6. The Labute approximate surface area is 291 Å². The van der Waals surface area contributed by atoms with Crippen LogP contribution in [-0.2, 0) is 43.0 Å². The van der Waals surface area contributed by atoms with Crippen molar-refractivity contribution >= 4 is 41.4 Å². The number of hydrogen-bond donors (Lipinski definition) is 5. The molecule has 1 aliphatic heterocycles. The number of ketones is 1. The first-order chi connectivity index (χ1) is 22.6. The number of nitrogens with one attached hydrogen (secondary N) is 5. The van der Waals surface area contributed by atoms with Crippen LogP contribution in [0.25, 0.3) is 0 Å². The third kappa shape index (κ3) is 15.7. The van der Waals surface area contributed by atoms with Crippen molar-refractivity contribution in [1.82, 2.24) is 31.5 Å². The van der Waals surface area contributed by atoms with Gasteiger partial charge in [-0.3, -0.25) is 28.9 Å². The standard InChI is InChI=1S/C34H60N6O9/c1-20(2)12-24(38-28(43)14-22(5)41)31(46)48-19-49-32(47)25(13-21(3)4)39-29(44)15-27(42)36-18-26(35-10)30(45)37-23-16-33(6,7)40(11)34(8,9)17-23/h20-21,23-26,35H,12-19H2,1-11H3,(H,36,42)(H,37,45)(H,38,43)(H,39,44). The van der Waals surface area contributed by atoms with Gasteiger partial charge in [-0.2, -0.15) is 0 Å². The summed E-state index contributed by atoms with van der Waals surface area (Å²) in [5.41, 5.74) is -0.234. The maximum atomic E-state index is 13.1. The van der Waals surface area contributed by atoms with Crippen LogP contribution in [0.5, 0.6) is 0 Å². The largest absolute Gasteiger partial charge is 0.426 e. The number of amides is 4. The second-order valence-corrected chi connectivity index (χ2v) is 15.0. The number of piperidine rings is 1. The molecule has 1 rings (SSSR count). The zero-order valence-electron chi connectivity index (χ0n) is 31.2. The van der Waals surface area contributed by atoms with Crippen LogP contribution in [0.1, 0.15) is 101 Å². The number of carbonyl (C=O) groups is 7. The van der Waals surface area contributed by atoms with E-state index in [2.05, 4.69) is 66.2 Å². The van der Waals surface area contributed by atoms with Gasteiger partial charge in [-0.25, -0.2) is 9.59 Å². The summed E-state index contributed by atoms with van der Waals surface area (Å²) in [5.74, 6) is -4.37. The number of esters is 2. The third-order valence-corrected chi connectivity index (χ3v) is 8.61. The molecule has 15 nitrogen and oxygen atoms in total. The molecule has 0 spiro atoms. The lowest BCUT2D eigenvalue weighted by atomic mass is 9.77. The molecule has 49 heavy (non-hydrogen) atoms. The highest BCUT2D eigenvalue weighted by Gasteiger charge is 2.43. The molecular weight excluding hydrogens is 636 g/mol. The first-order valence-electron chi connectivity index (χ1n) is 17.0. The highest BCUT2D eigenvalue weighted by Crippen LogP contribution is 2.36.